The Hall–Kier alpha value is -2.00. The van der Waals surface area contributed by atoms with Crippen molar-refractivity contribution >= 4 is 17.6 Å². The van der Waals surface area contributed by atoms with E-state index in [9.17, 15) is 4.79 Å². The Kier molecular flexibility index (Phi) is 4.07. The Morgan fingerprint density at radius 1 is 1.26 bits per heavy atom. The highest BCUT2D eigenvalue weighted by Gasteiger charge is 2.10. The van der Waals surface area contributed by atoms with E-state index in [4.69, 9.17) is 21.4 Å². The second-order valence-corrected chi connectivity index (χ2v) is 4.59. The number of carboxylic acid groups (broad SMARTS) is 1. The van der Waals surface area contributed by atoms with E-state index in [0.29, 0.717) is 22.9 Å². The largest absolute Gasteiger partial charge is 0.489 e. The first kappa shape index (κ1) is 13.4. The maximum atomic E-state index is 11.0. The molecular weight excluding hydrogens is 264 g/mol. The van der Waals surface area contributed by atoms with Crippen LogP contribution in [-0.2, 0) is 6.61 Å². The van der Waals surface area contributed by atoms with Gasteiger partial charge in [0.1, 0.15) is 12.4 Å². The number of halogens is 1. The van der Waals surface area contributed by atoms with Crippen LogP contribution in [0.4, 0.5) is 0 Å². The Labute approximate surface area is 116 Å². The topological polar surface area (TPSA) is 46.5 Å². The van der Waals surface area contributed by atoms with Crippen LogP contribution >= 0.6 is 11.6 Å². The Morgan fingerprint density at radius 2 is 2.00 bits per heavy atom. The van der Waals surface area contributed by atoms with Gasteiger partial charge >= 0.3 is 5.97 Å². The van der Waals surface area contributed by atoms with Gasteiger partial charge in [-0.2, -0.15) is 0 Å². The molecule has 0 aliphatic rings. The molecule has 0 atom stereocenters. The molecular formula is C15H13ClO3. The lowest BCUT2D eigenvalue weighted by molar-refractivity contribution is 0.0695. The van der Waals surface area contributed by atoms with E-state index in [1.165, 1.54) is 0 Å². The van der Waals surface area contributed by atoms with E-state index in [1.54, 1.807) is 31.2 Å². The van der Waals surface area contributed by atoms with Gasteiger partial charge in [0.2, 0.25) is 0 Å². The minimum atomic E-state index is -0.953. The number of carboxylic acids is 1. The van der Waals surface area contributed by atoms with Gasteiger partial charge in [-0.15, -0.1) is 0 Å². The normalized spacial score (nSPS) is 10.2. The fraction of sp³-hybridized carbons (Fsp3) is 0.133. The summed E-state index contributed by atoms with van der Waals surface area (Å²) in [6, 6.07) is 12.4. The van der Waals surface area contributed by atoms with E-state index in [0.717, 1.165) is 5.56 Å². The minimum absolute atomic E-state index is 0.253. The van der Waals surface area contributed by atoms with E-state index in [1.807, 2.05) is 18.2 Å². The fourth-order valence-electron chi connectivity index (χ4n) is 1.79. The molecule has 0 unspecified atom stereocenters. The number of rotatable bonds is 4. The Balaban J connectivity index is 2.16. The smallest absolute Gasteiger partial charge is 0.336 e. The molecule has 0 radical (unpaired) electrons. The molecule has 0 aromatic heterocycles. The minimum Gasteiger partial charge on any atom is -0.489 e. The SMILES string of the molecule is Cc1c(OCc2cccc(Cl)c2)cccc1C(=O)O. The second kappa shape index (κ2) is 5.76. The summed E-state index contributed by atoms with van der Waals surface area (Å²) in [6.45, 7) is 2.08. The predicted octanol–water partition coefficient (Wildman–Crippen LogP) is 3.93. The third kappa shape index (κ3) is 3.26. The first-order valence-corrected chi connectivity index (χ1v) is 6.16. The van der Waals surface area contributed by atoms with Crippen LogP contribution in [0.1, 0.15) is 21.5 Å². The van der Waals surface area contributed by atoms with Crippen molar-refractivity contribution in [1.82, 2.24) is 0 Å². The lowest BCUT2D eigenvalue weighted by atomic mass is 10.1. The molecule has 98 valence electrons. The Bertz CT molecular complexity index is 608. The molecule has 0 heterocycles. The lowest BCUT2D eigenvalue weighted by Gasteiger charge is -2.11. The molecule has 2 rings (SSSR count). The number of hydrogen-bond donors (Lipinski definition) is 1. The standard InChI is InChI=1S/C15H13ClO3/c1-10-13(15(17)18)6-3-7-14(10)19-9-11-4-2-5-12(16)8-11/h2-8H,9H2,1H3,(H,17,18). The first-order chi connectivity index (χ1) is 9.08. The molecule has 0 saturated carbocycles. The average molecular weight is 277 g/mol. The monoisotopic (exact) mass is 276 g/mol. The van der Waals surface area contributed by atoms with Crippen LogP contribution in [0, 0.1) is 6.92 Å². The molecule has 4 heteroatoms. The molecule has 0 spiro atoms. The highest BCUT2D eigenvalue weighted by atomic mass is 35.5. The van der Waals surface area contributed by atoms with Crippen molar-refractivity contribution in [3.63, 3.8) is 0 Å². The number of benzene rings is 2. The van der Waals surface area contributed by atoms with Crippen molar-refractivity contribution in [1.29, 1.82) is 0 Å². The van der Waals surface area contributed by atoms with E-state index >= 15 is 0 Å². The fourth-order valence-corrected chi connectivity index (χ4v) is 2.00. The molecule has 2 aromatic rings. The summed E-state index contributed by atoms with van der Waals surface area (Å²) in [5, 5.41) is 9.69. The van der Waals surface area contributed by atoms with Crippen LogP contribution in [0.25, 0.3) is 0 Å². The summed E-state index contributed by atoms with van der Waals surface area (Å²) >= 11 is 5.89. The van der Waals surface area contributed by atoms with Gasteiger partial charge in [0, 0.05) is 10.6 Å². The summed E-state index contributed by atoms with van der Waals surface area (Å²) in [5.74, 6) is -0.384. The molecule has 2 aromatic carbocycles. The summed E-state index contributed by atoms with van der Waals surface area (Å²) in [6.07, 6.45) is 0. The van der Waals surface area contributed by atoms with Crippen molar-refractivity contribution in [2.75, 3.05) is 0 Å². The molecule has 1 N–H and O–H groups in total. The summed E-state index contributed by atoms with van der Waals surface area (Å²) < 4.78 is 5.65. The second-order valence-electron chi connectivity index (χ2n) is 4.15. The number of hydrogen-bond acceptors (Lipinski definition) is 2. The highest BCUT2D eigenvalue weighted by molar-refractivity contribution is 6.30. The zero-order valence-electron chi connectivity index (χ0n) is 10.4. The third-order valence-electron chi connectivity index (χ3n) is 2.80. The van der Waals surface area contributed by atoms with E-state index < -0.39 is 5.97 Å². The molecule has 0 bridgehead atoms. The van der Waals surface area contributed by atoms with Crippen molar-refractivity contribution in [3.05, 3.63) is 64.2 Å². The molecule has 0 amide bonds. The molecule has 19 heavy (non-hydrogen) atoms. The van der Waals surface area contributed by atoms with Crippen LogP contribution in [-0.4, -0.2) is 11.1 Å². The van der Waals surface area contributed by atoms with Gasteiger partial charge in [0.15, 0.2) is 0 Å². The summed E-state index contributed by atoms with van der Waals surface area (Å²) in [5.41, 5.74) is 1.81. The van der Waals surface area contributed by atoms with Crippen molar-refractivity contribution in [2.24, 2.45) is 0 Å². The zero-order chi connectivity index (χ0) is 13.8. The van der Waals surface area contributed by atoms with Gasteiger partial charge in [0.05, 0.1) is 5.56 Å². The van der Waals surface area contributed by atoms with Gasteiger partial charge in [0.25, 0.3) is 0 Å². The Morgan fingerprint density at radius 3 is 2.68 bits per heavy atom. The van der Waals surface area contributed by atoms with Gasteiger partial charge in [-0.05, 0) is 36.8 Å². The molecule has 0 aliphatic carbocycles. The molecule has 0 fully saturated rings. The number of carbonyl (C=O) groups is 1. The molecule has 0 saturated heterocycles. The average Bonchev–Trinajstić information content (AvgIpc) is 2.37. The van der Waals surface area contributed by atoms with Crippen molar-refractivity contribution < 1.29 is 14.6 Å². The number of aromatic carboxylic acids is 1. The van der Waals surface area contributed by atoms with Crippen LogP contribution in [0.15, 0.2) is 42.5 Å². The maximum Gasteiger partial charge on any atom is 0.336 e. The van der Waals surface area contributed by atoms with Crippen molar-refractivity contribution in [2.45, 2.75) is 13.5 Å². The lowest BCUT2D eigenvalue weighted by Crippen LogP contribution is -2.03. The van der Waals surface area contributed by atoms with Gasteiger partial charge in [-0.25, -0.2) is 4.79 Å². The van der Waals surface area contributed by atoms with Gasteiger partial charge in [-0.1, -0.05) is 29.8 Å². The van der Waals surface area contributed by atoms with E-state index in [-0.39, 0.29) is 5.56 Å². The number of ether oxygens (including phenoxy) is 1. The van der Waals surface area contributed by atoms with Gasteiger partial charge in [-0.3, -0.25) is 0 Å². The summed E-state index contributed by atoms with van der Waals surface area (Å²) in [7, 11) is 0. The maximum absolute atomic E-state index is 11.0. The van der Waals surface area contributed by atoms with E-state index in [2.05, 4.69) is 0 Å². The molecule has 3 nitrogen and oxygen atoms in total. The van der Waals surface area contributed by atoms with Crippen LogP contribution in [0.3, 0.4) is 0 Å². The first-order valence-electron chi connectivity index (χ1n) is 5.78. The highest BCUT2D eigenvalue weighted by Crippen LogP contribution is 2.23. The third-order valence-corrected chi connectivity index (χ3v) is 3.03. The zero-order valence-corrected chi connectivity index (χ0v) is 11.1. The van der Waals surface area contributed by atoms with Crippen LogP contribution in [0.2, 0.25) is 5.02 Å². The summed E-state index contributed by atoms with van der Waals surface area (Å²) in [4.78, 5) is 11.0. The van der Waals surface area contributed by atoms with Crippen LogP contribution in [0.5, 0.6) is 5.75 Å². The quantitative estimate of drug-likeness (QED) is 0.920. The van der Waals surface area contributed by atoms with Crippen LogP contribution < -0.4 is 4.74 Å². The predicted molar refractivity (Wildman–Crippen MR) is 73.9 cm³/mol. The van der Waals surface area contributed by atoms with Crippen molar-refractivity contribution in [3.8, 4) is 5.75 Å². The van der Waals surface area contributed by atoms with Gasteiger partial charge < -0.3 is 9.84 Å². The molecule has 0 aliphatic heterocycles.